The Balaban J connectivity index is 1.32. The van der Waals surface area contributed by atoms with E-state index in [1.807, 2.05) is 25.1 Å². The quantitative estimate of drug-likeness (QED) is 0.242. The number of anilines is 2. The lowest BCUT2D eigenvalue weighted by Gasteiger charge is -2.30. The van der Waals surface area contributed by atoms with Crippen molar-refractivity contribution in [3.05, 3.63) is 97.4 Å². The van der Waals surface area contributed by atoms with E-state index in [0.717, 1.165) is 15.8 Å². The van der Waals surface area contributed by atoms with Gasteiger partial charge in [0.05, 0.1) is 23.2 Å². The van der Waals surface area contributed by atoms with Crippen LogP contribution in [-0.2, 0) is 14.4 Å². The monoisotopic (exact) mass is 665 g/mol. The lowest BCUT2D eigenvalue weighted by atomic mass is 9.83. The minimum atomic E-state index is -0.733. The van der Waals surface area contributed by atoms with Crippen LogP contribution in [0.5, 0.6) is 11.5 Å². The van der Waals surface area contributed by atoms with Crippen LogP contribution in [-0.4, -0.2) is 41.2 Å². The molecule has 3 amide bonds. The highest BCUT2D eigenvalue weighted by atomic mass is 79.9. The number of thioether (sulfide) groups is 1. The van der Waals surface area contributed by atoms with Crippen LogP contribution in [0.3, 0.4) is 0 Å². The van der Waals surface area contributed by atoms with Crippen molar-refractivity contribution in [3.8, 4) is 11.5 Å². The largest absolute Gasteiger partial charge is 0.490 e. The van der Waals surface area contributed by atoms with Crippen LogP contribution in [0.2, 0.25) is 0 Å². The number of carbonyl (C=O) groups excluding carboxylic acids is 3. The van der Waals surface area contributed by atoms with E-state index in [4.69, 9.17) is 9.47 Å². The summed E-state index contributed by atoms with van der Waals surface area (Å²) < 4.78 is 12.5. The molecule has 4 aromatic rings. The SMILES string of the molecule is CCOc1cc(C2c3sc(=O)[nH]c3SC3C(=O)N(c4ccc(Br)cc4)C(=O)C32)ccc1OCC(=O)Nc1ccccc1. The van der Waals surface area contributed by atoms with Gasteiger partial charge >= 0.3 is 4.87 Å². The van der Waals surface area contributed by atoms with Gasteiger partial charge in [-0.1, -0.05) is 63.3 Å². The van der Waals surface area contributed by atoms with E-state index in [-0.39, 0.29) is 29.2 Å². The summed E-state index contributed by atoms with van der Waals surface area (Å²) in [6, 6.07) is 21.3. The number of H-pyrrole nitrogens is 1. The lowest BCUT2D eigenvalue weighted by molar-refractivity contribution is -0.122. The van der Waals surface area contributed by atoms with Crippen molar-refractivity contribution in [3.63, 3.8) is 0 Å². The lowest BCUT2D eigenvalue weighted by Crippen LogP contribution is -2.32. The molecule has 0 saturated carbocycles. The summed E-state index contributed by atoms with van der Waals surface area (Å²) in [5, 5.41) is 2.66. The highest BCUT2D eigenvalue weighted by Crippen LogP contribution is 2.53. The number of fused-ring (bicyclic) bond motifs is 2. The summed E-state index contributed by atoms with van der Waals surface area (Å²) in [6.07, 6.45) is 0. The molecule has 3 atom stereocenters. The zero-order chi connectivity index (χ0) is 29.4. The maximum absolute atomic E-state index is 13.9. The van der Waals surface area contributed by atoms with E-state index in [0.29, 0.717) is 44.9 Å². The molecule has 2 N–H and O–H groups in total. The predicted molar refractivity (Wildman–Crippen MR) is 165 cm³/mol. The molecule has 2 aliphatic heterocycles. The number of halogens is 1. The van der Waals surface area contributed by atoms with Crippen molar-refractivity contribution in [1.82, 2.24) is 4.98 Å². The number of hydrogen-bond acceptors (Lipinski definition) is 8. The standard InChI is InChI=1S/C30H24BrN3O6S2/c1-2-39-21-14-16(8-13-20(21)40-15-22(35)32-18-6-4-3-5-7-18)23-24-26(41-27-25(23)42-30(38)33-27)29(37)34(28(24)36)19-11-9-17(31)10-12-19/h3-14,23-24,26H,2,15H2,1H3,(H,32,35)(H,33,38). The van der Waals surface area contributed by atoms with Gasteiger partial charge in [-0.3, -0.25) is 19.2 Å². The average Bonchev–Trinajstić information content (AvgIpc) is 3.47. The number of carbonyl (C=O) groups is 3. The summed E-state index contributed by atoms with van der Waals surface area (Å²) in [6.45, 7) is 1.93. The highest BCUT2D eigenvalue weighted by Gasteiger charge is 2.56. The first-order chi connectivity index (χ1) is 20.3. The molecule has 2 aliphatic rings. The third kappa shape index (κ3) is 5.37. The van der Waals surface area contributed by atoms with Gasteiger partial charge in [0.25, 0.3) is 5.91 Å². The number of para-hydroxylation sites is 1. The number of benzene rings is 3. The molecule has 6 rings (SSSR count). The van der Waals surface area contributed by atoms with Crippen LogP contribution in [0.25, 0.3) is 0 Å². The Labute approximate surface area is 257 Å². The Morgan fingerprint density at radius 1 is 0.976 bits per heavy atom. The van der Waals surface area contributed by atoms with Crippen LogP contribution in [0.1, 0.15) is 23.3 Å². The Morgan fingerprint density at radius 3 is 2.48 bits per heavy atom. The molecule has 1 aromatic heterocycles. The third-order valence-corrected chi connectivity index (χ3v) is 9.88. The van der Waals surface area contributed by atoms with Crippen LogP contribution >= 0.6 is 39.0 Å². The molecular formula is C30H24BrN3O6S2. The van der Waals surface area contributed by atoms with Crippen molar-refractivity contribution in [2.24, 2.45) is 5.92 Å². The van der Waals surface area contributed by atoms with Gasteiger partial charge in [0.2, 0.25) is 11.8 Å². The molecule has 3 unspecified atom stereocenters. The zero-order valence-corrected chi connectivity index (χ0v) is 25.4. The van der Waals surface area contributed by atoms with Crippen LogP contribution in [0.4, 0.5) is 11.4 Å². The van der Waals surface area contributed by atoms with E-state index in [1.165, 1.54) is 16.7 Å². The number of aromatic nitrogens is 1. The van der Waals surface area contributed by atoms with Crippen molar-refractivity contribution in [2.45, 2.75) is 23.1 Å². The van der Waals surface area contributed by atoms with Gasteiger partial charge in [-0.25, -0.2) is 4.90 Å². The molecule has 0 aliphatic carbocycles. The van der Waals surface area contributed by atoms with Gasteiger partial charge in [-0.2, -0.15) is 0 Å². The summed E-state index contributed by atoms with van der Waals surface area (Å²) in [4.78, 5) is 57.0. The fourth-order valence-corrected chi connectivity index (χ4v) is 7.97. The van der Waals surface area contributed by atoms with Crippen molar-refractivity contribution in [1.29, 1.82) is 0 Å². The number of rotatable bonds is 8. The summed E-state index contributed by atoms with van der Waals surface area (Å²) in [7, 11) is 0. The second kappa shape index (κ2) is 11.8. The molecule has 42 heavy (non-hydrogen) atoms. The van der Waals surface area contributed by atoms with Gasteiger partial charge in [-0.15, -0.1) is 0 Å². The summed E-state index contributed by atoms with van der Waals surface area (Å²) >= 11 is 5.66. The van der Waals surface area contributed by atoms with Gasteiger partial charge in [-0.05, 0) is 61.0 Å². The van der Waals surface area contributed by atoms with E-state index >= 15 is 0 Å². The highest BCUT2D eigenvalue weighted by molar-refractivity contribution is 9.10. The average molecular weight is 667 g/mol. The maximum Gasteiger partial charge on any atom is 0.305 e. The Morgan fingerprint density at radius 2 is 1.74 bits per heavy atom. The van der Waals surface area contributed by atoms with Gasteiger partial charge in [0, 0.05) is 21.0 Å². The number of thiazole rings is 1. The van der Waals surface area contributed by atoms with Gasteiger partial charge < -0.3 is 19.8 Å². The molecule has 3 aromatic carbocycles. The molecule has 0 radical (unpaired) electrons. The van der Waals surface area contributed by atoms with E-state index < -0.39 is 17.1 Å². The number of imide groups is 1. The third-order valence-electron chi connectivity index (χ3n) is 6.95. The number of nitrogens with zero attached hydrogens (tertiary/aromatic N) is 1. The molecule has 3 heterocycles. The number of amides is 3. The fraction of sp³-hybridized carbons (Fsp3) is 0.200. The molecule has 1 saturated heterocycles. The Kier molecular flexibility index (Phi) is 7.93. The molecular weight excluding hydrogens is 642 g/mol. The van der Waals surface area contributed by atoms with Crippen LogP contribution < -0.4 is 24.6 Å². The topological polar surface area (TPSA) is 118 Å². The first-order valence-corrected chi connectivity index (χ1v) is 15.6. The van der Waals surface area contributed by atoms with Crippen molar-refractivity contribution < 1.29 is 23.9 Å². The van der Waals surface area contributed by atoms with E-state index in [2.05, 4.69) is 26.2 Å². The maximum atomic E-state index is 13.9. The molecule has 9 nitrogen and oxygen atoms in total. The normalized spacial score (nSPS) is 19.3. The minimum absolute atomic E-state index is 0.238. The molecule has 0 bridgehead atoms. The first-order valence-electron chi connectivity index (χ1n) is 13.1. The second-order valence-corrected chi connectivity index (χ2v) is 12.7. The summed E-state index contributed by atoms with van der Waals surface area (Å²) in [5.41, 5.74) is 1.85. The van der Waals surface area contributed by atoms with E-state index in [1.54, 1.807) is 54.6 Å². The molecule has 1 fully saturated rings. The summed E-state index contributed by atoms with van der Waals surface area (Å²) in [5.74, 6) is -1.53. The van der Waals surface area contributed by atoms with E-state index in [9.17, 15) is 19.2 Å². The molecule has 12 heteroatoms. The Bertz CT molecular complexity index is 1720. The molecule has 0 spiro atoms. The first kappa shape index (κ1) is 28.3. The number of aromatic amines is 1. The smallest absolute Gasteiger partial charge is 0.305 e. The number of nitrogens with one attached hydrogen (secondary N) is 2. The minimum Gasteiger partial charge on any atom is -0.490 e. The zero-order valence-electron chi connectivity index (χ0n) is 22.2. The number of hydrogen-bond donors (Lipinski definition) is 2. The van der Waals surface area contributed by atoms with Crippen molar-refractivity contribution >= 4 is 68.1 Å². The van der Waals surface area contributed by atoms with Crippen molar-refractivity contribution in [2.75, 3.05) is 23.4 Å². The van der Waals surface area contributed by atoms with Gasteiger partial charge in [0.15, 0.2) is 18.1 Å². The predicted octanol–water partition coefficient (Wildman–Crippen LogP) is 5.41. The fourth-order valence-electron chi connectivity index (χ4n) is 5.19. The molecule has 214 valence electrons. The Hall–Kier alpha value is -3.87. The number of ether oxygens (including phenoxy) is 2. The van der Waals surface area contributed by atoms with Gasteiger partial charge in [0.1, 0.15) is 5.25 Å². The van der Waals surface area contributed by atoms with Crippen LogP contribution in [0, 0.1) is 5.92 Å². The second-order valence-electron chi connectivity index (χ2n) is 9.58. The van der Waals surface area contributed by atoms with Crippen LogP contribution in [0.15, 0.2) is 87.1 Å².